The Labute approximate surface area is 319 Å². The fourth-order valence-corrected chi connectivity index (χ4v) is 6.74. The number of furan rings is 1. The van der Waals surface area contributed by atoms with Crippen molar-refractivity contribution in [2.24, 2.45) is 17.2 Å². The summed E-state index contributed by atoms with van der Waals surface area (Å²) in [6.45, 7) is 2.81. The molecule has 0 bridgehead atoms. The number of benzene rings is 6. The first kappa shape index (κ1) is 37.6. The Bertz CT molecular complexity index is 2400. The van der Waals surface area contributed by atoms with Gasteiger partial charge in [0.15, 0.2) is 0 Å². The molecule has 7 aromatic rings. The van der Waals surface area contributed by atoms with Gasteiger partial charge in [-0.3, -0.25) is 0 Å². The van der Waals surface area contributed by atoms with Crippen molar-refractivity contribution in [2.45, 2.75) is 26.2 Å². The molecule has 0 amide bonds. The summed E-state index contributed by atoms with van der Waals surface area (Å²) in [5, 5.41) is 2.33. The summed E-state index contributed by atoms with van der Waals surface area (Å²) in [5.74, 6) is 0. The van der Waals surface area contributed by atoms with Crippen molar-refractivity contribution in [1.29, 1.82) is 0 Å². The van der Waals surface area contributed by atoms with E-state index >= 15 is 0 Å². The standard InChI is InChI=1S/C36H29NO.C13H15N.CH5N/c1-25(15-21-33(37)29-18-16-28(17-19-29)27-11-6-3-7-12-27)30-20-22-34-32(24-30)36-31(13-8-14-35(36)38-34)23-26-9-4-2-5-10-26;14-10-11-6-8-13(9-7-11)12-4-2-1-3-5-12;1-2/h2-22,24H,23,37H2,1H3;1-6,8H,7,9-10,14H2;2H2,1H3/b25-15+,33-21-;;. The van der Waals surface area contributed by atoms with Crippen molar-refractivity contribution in [3.8, 4) is 11.1 Å². The maximum Gasteiger partial charge on any atom is 0.135 e. The van der Waals surface area contributed by atoms with Crippen molar-refractivity contribution in [2.75, 3.05) is 13.6 Å². The van der Waals surface area contributed by atoms with Crippen LogP contribution in [0.3, 0.4) is 0 Å². The maximum absolute atomic E-state index is 6.45. The minimum absolute atomic E-state index is 0.693. The minimum Gasteiger partial charge on any atom is -0.456 e. The summed E-state index contributed by atoms with van der Waals surface area (Å²) in [6, 6.07) is 52.6. The number of nitrogens with two attached hydrogens (primary N) is 3. The summed E-state index contributed by atoms with van der Waals surface area (Å²) >= 11 is 0. The van der Waals surface area contributed by atoms with Crippen LogP contribution in [-0.4, -0.2) is 13.6 Å². The second-order valence-electron chi connectivity index (χ2n) is 13.3. The zero-order valence-corrected chi connectivity index (χ0v) is 31.2. The highest BCUT2D eigenvalue weighted by Gasteiger charge is 2.13. The minimum atomic E-state index is 0.693. The summed E-state index contributed by atoms with van der Waals surface area (Å²) in [5.41, 5.74) is 31.5. The van der Waals surface area contributed by atoms with Gasteiger partial charge in [0.05, 0.1) is 0 Å². The van der Waals surface area contributed by atoms with Crippen LogP contribution in [0.1, 0.15) is 47.6 Å². The predicted molar refractivity (Wildman–Crippen MR) is 232 cm³/mol. The van der Waals surface area contributed by atoms with E-state index in [1.165, 1.54) is 51.4 Å². The lowest BCUT2D eigenvalue weighted by molar-refractivity contribution is 0.668. The number of hydrogen-bond donors (Lipinski definition) is 3. The highest BCUT2D eigenvalue weighted by atomic mass is 16.3. The van der Waals surface area contributed by atoms with Crippen molar-refractivity contribution in [3.63, 3.8) is 0 Å². The zero-order valence-electron chi connectivity index (χ0n) is 31.2. The lowest BCUT2D eigenvalue weighted by Gasteiger charge is -2.13. The van der Waals surface area contributed by atoms with Gasteiger partial charge in [0.2, 0.25) is 0 Å². The van der Waals surface area contributed by atoms with Crippen molar-refractivity contribution in [1.82, 2.24) is 0 Å². The van der Waals surface area contributed by atoms with E-state index in [2.05, 4.69) is 170 Å². The van der Waals surface area contributed by atoms with Crippen molar-refractivity contribution in [3.05, 3.63) is 209 Å². The van der Waals surface area contributed by atoms with Gasteiger partial charge in [-0.2, -0.15) is 0 Å². The van der Waals surface area contributed by atoms with E-state index in [9.17, 15) is 0 Å². The van der Waals surface area contributed by atoms with Gasteiger partial charge in [0, 0.05) is 23.0 Å². The molecule has 6 aromatic carbocycles. The van der Waals surface area contributed by atoms with Crippen molar-refractivity contribution >= 4 is 38.8 Å². The van der Waals surface area contributed by atoms with Gasteiger partial charge in [-0.05, 0) is 108 Å². The molecule has 4 heteroatoms. The second kappa shape index (κ2) is 18.5. The van der Waals surface area contributed by atoms with Crippen molar-refractivity contribution < 1.29 is 4.42 Å². The maximum atomic E-state index is 6.45. The Morgan fingerprint density at radius 1 is 0.611 bits per heavy atom. The molecule has 1 heterocycles. The number of rotatable bonds is 8. The van der Waals surface area contributed by atoms with Crippen LogP contribution < -0.4 is 17.2 Å². The highest BCUT2D eigenvalue weighted by Crippen LogP contribution is 2.34. The molecule has 0 fully saturated rings. The average molecular weight is 708 g/mol. The quantitative estimate of drug-likeness (QED) is 0.137. The summed E-state index contributed by atoms with van der Waals surface area (Å²) < 4.78 is 6.21. The molecule has 54 heavy (non-hydrogen) atoms. The van der Waals surface area contributed by atoms with E-state index in [4.69, 9.17) is 15.9 Å². The first-order valence-electron chi connectivity index (χ1n) is 18.6. The van der Waals surface area contributed by atoms with E-state index in [1.54, 1.807) is 0 Å². The molecule has 0 unspecified atom stereocenters. The molecule has 0 radical (unpaired) electrons. The fourth-order valence-electron chi connectivity index (χ4n) is 6.74. The molecule has 4 nitrogen and oxygen atoms in total. The topological polar surface area (TPSA) is 91.2 Å². The first-order valence-corrected chi connectivity index (χ1v) is 18.6. The lowest BCUT2D eigenvalue weighted by Crippen LogP contribution is -2.05. The Balaban J connectivity index is 0.000000260. The molecule has 6 N–H and O–H groups in total. The van der Waals surface area contributed by atoms with Gasteiger partial charge < -0.3 is 21.6 Å². The molecule has 0 atom stereocenters. The van der Waals surface area contributed by atoms with Crippen LogP contribution in [0.2, 0.25) is 0 Å². The molecule has 270 valence electrons. The van der Waals surface area contributed by atoms with Gasteiger partial charge >= 0.3 is 0 Å². The van der Waals surface area contributed by atoms with Crippen LogP contribution in [-0.2, 0) is 6.42 Å². The molecule has 0 saturated heterocycles. The van der Waals surface area contributed by atoms with Crippen LogP contribution in [0.15, 0.2) is 186 Å². The molecule has 0 aliphatic heterocycles. The van der Waals surface area contributed by atoms with Crippen LogP contribution in [0.4, 0.5) is 0 Å². The van der Waals surface area contributed by atoms with Crippen LogP contribution in [0.5, 0.6) is 0 Å². The predicted octanol–water partition coefficient (Wildman–Crippen LogP) is 11.6. The second-order valence-corrected chi connectivity index (χ2v) is 13.3. The van der Waals surface area contributed by atoms with E-state index < -0.39 is 0 Å². The molecule has 1 aliphatic rings. The molecule has 8 rings (SSSR count). The number of hydrogen-bond acceptors (Lipinski definition) is 4. The van der Waals surface area contributed by atoms with Crippen LogP contribution in [0, 0.1) is 0 Å². The zero-order chi connectivity index (χ0) is 37.7. The average Bonchev–Trinajstić information content (AvgIpc) is 3.64. The van der Waals surface area contributed by atoms with E-state index in [-0.39, 0.29) is 0 Å². The SMILES string of the molecule is C/C(=C\C=C(/N)c1ccc(-c2ccccc2)cc1)c1ccc2oc3cccc(Cc4ccccc4)c3c2c1.CN.NCC1=CC=C(c2ccccc2)CC1. The Morgan fingerprint density at radius 3 is 1.89 bits per heavy atom. The molecule has 0 spiro atoms. The first-order chi connectivity index (χ1) is 26.6. The third kappa shape index (κ3) is 9.23. The number of allylic oxidation sites excluding steroid dienone is 6. The van der Waals surface area contributed by atoms with E-state index in [0.717, 1.165) is 58.2 Å². The van der Waals surface area contributed by atoms with Gasteiger partial charge in [-0.1, -0.05) is 157 Å². The van der Waals surface area contributed by atoms with E-state index in [1.807, 2.05) is 18.2 Å². The van der Waals surface area contributed by atoms with Gasteiger partial charge in [0.25, 0.3) is 0 Å². The summed E-state index contributed by atoms with van der Waals surface area (Å²) in [7, 11) is 1.50. The third-order valence-corrected chi connectivity index (χ3v) is 9.75. The van der Waals surface area contributed by atoms with Crippen LogP contribution in [0.25, 0.3) is 49.9 Å². The molecule has 1 aliphatic carbocycles. The molecular weight excluding hydrogens is 659 g/mol. The summed E-state index contributed by atoms with van der Waals surface area (Å²) in [4.78, 5) is 0. The van der Waals surface area contributed by atoms with Gasteiger partial charge in [-0.15, -0.1) is 0 Å². The van der Waals surface area contributed by atoms with Gasteiger partial charge in [0.1, 0.15) is 11.2 Å². The normalized spacial score (nSPS) is 13.0. The Morgan fingerprint density at radius 2 is 1.24 bits per heavy atom. The largest absolute Gasteiger partial charge is 0.456 e. The van der Waals surface area contributed by atoms with Gasteiger partial charge in [-0.25, -0.2) is 0 Å². The lowest BCUT2D eigenvalue weighted by atomic mass is 9.93. The molecule has 1 aromatic heterocycles. The Kier molecular flexibility index (Phi) is 12.9. The van der Waals surface area contributed by atoms with E-state index in [0.29, 0.717) is 6.54 Å². The smallest absolute Gasteiger partial charge is 0.135 e. The number of fused-ring (bicyclic) bond motifs is 3. The van der Waals surface area contributed by atoms with Crippen LogP contribution >= 0.6 is 0 Å². The fraction of sp³-hybridized carbons (Fsp3) is 0.120. The molecular formula is C50H49N3O. The Hall–Kier alpha value is -6.20. The third-order valence-electron chi connectivity index (χ3n) is 9.75. The highest BCUT2D eigenvalue weighted by molar-refractivity contribution is 6.07. The summed E-state index contributed by atoms with van der Waals surface area (Å²) in [6.07, 6.45) is 11.5. The monoisotopic (exact) mass is 707 g/mol. The molecule has 0 saturated carbocycles.